The normalized spacial score (nSPS) is 11.9. The maximum absolute atomic E-state index is 13.0. The van der Waals surface area contributed by atoms with E-state index in [0.29, 0.717) is 40.6 Å². The first-order valence-corrected chi connectivity index (χ1v) is 11.3. The lowest BCUT2D eigenvalue weighted by atomic mass is 10.2. The summed E-state index contributed by atoms with van der Waals surface area (Å²) in [5, 5.41) is 12.0. The van der Waals surface area contributed by atoms with Crippen LogP contribution in [-0.4, -0.2) is 33.5 Å². The SMILES string of the molecule is COc1ccccc1OC(C)c1nnc(SCC(=O)Nc2ccc(F)cc2)n1CC(C)C. The number of methoxy groups -OCH3 is 1. The number of carbonyl (C=O) groups excluding carboxylic acids is 1. The zero-order valence-electron chi connectivity index (χ0n) is 18.5. The summed E-state index contributed by atoms with van der Waals surface area (Å²) in [7, 11) is 1.60. The van der Waals surface area contributed by atoms with Crippen molar-refractivity contribution in [2.75, 3.05) is 18.2 Å². The van der Waals surface area contributed by atoms with Gasteiger partial charge in [-0.3, -0.25) is 4.79 Å². The Morgan fingerprint density at radius 1 is 1.09 bits per heavy atom. The number of rotatable bonds is 10. The summed E-state index contributed by atoms with van der Waals surface area (Å²) in [5.74, 6) is 1.87. The van der Waals surface area contributed by atoms with Gasteiger partial charge in [0.15, 0.2) is 28.6 Å². The Hall–Kier alpha value is -3.07. The predicted molar refractivity (Wildman–Crippen MR) is 123 cm³/mol. The molecule has 2 aromatic carbocycles. The number of benzene rings is 2. The topological polar surface area (TPSA) is 78.3 Å². The van der Waals surface area contributed by atoms with E-state index in [4.69, 9.17) is 9.47 Å². The molecule has 170 valence electrons. The van der Waals surface area contributed by atoms with Gasteiger partial charge in [0.2, 0.25) is 5.91 Å². The maximum atomic E-state index is 13.0. The van der Waals surface area contributed by atoms with Crippen LogP contribution in [0.15, 0.2) is 53.7 Å². The van der Waals surface area contributed by atoms with Crippen LogP contribution >= 0.6 is 11.8 Å². The average molecular weight is 459 g/mol. The minimum absolute atomic E-state index is 0.148. The molecule has 7 nitrogen and oxygen atoms in total. The Labute approximate surface area is 191 Å². The zero-order valence-corrected chi connectivity index (χ0v) is 19.4. The minimum Gasteiger partial charge on any atom is -0.493 e. The molecule has 32 heavy (non-hydrogen) atoms. The van der Waals surface area contributed by atoms with Crippen LogP contribution in [0.1, 0.15) is 32.7 Å². The van der Waals surface area contributed by atoms with Gasteiger partial charge in [0.25, 0.3) is 0 Å². The molecule has 3 aromatic rings. The molecule has 1 heterocycles. The third kappa shape index (κ3) is 6.23. The first-order valence-electron chi connectivity index (χ1n) is 10.3. The van der Waals surface area contributed by atoms with Crippen LogP contribution in [0.4, 0.5) is 10.1 Å². The van der Waals surface area contributed by atoms with Crippen LogP contribution in [0.25, 0.3) is 0 Å². The summed E-state index contributed by atoms with van der Waals surface area (Å²) in [6, 6.07) is 13.1. The standard InChI is InChI=1S/C23H27FN4O3S/c1-15(2)13-28-22(16(3)31-20-8-6-5-7-19(20)30-4)26-27-23(28)32-14-21(29)25-18-11-9-17(24)10-12-18/h5-12,15-16H,13-14H2,1-4H3,(H,25,29). The Morgan fingerprint density at radius 2 is 1.78 bits per heavy atom. The van der Waals surface area contributed by atoms with Crippen molar-refractivity contribution in [3.05, 3.63) is 60.2 Å². The molecule has 0 bridgehead atoms. The first kappa shape index (κ1) is 23.6. The largest absolute Gasteiger partial charge is 0.493 e. The molecule has 1 unspecified atom stereocenters. The van der Waals surface area contributed by atoms with Crippen LogP contribution in [0, 0.1) is 11.7 Å². The molecule has 3 rings (SSSR count). The molecule has 0 fully saturated rings. The summed E-state index contributed by atoms with van der Waals surface area (Å²) in [4.78, 5) is 12.3. The molecule has 1 N–H and O–H groups in total. The number of ether oxygens (including phenoxy) is 2. The molecule has 0 aliphatic heterocycles. The molecule has 0 spiro atoms. The summed E-state index contributed by atoms with van der Waals surface area (Å²) in [6.45, 7) is 6.79. The fourth-order valence-electron chi connectivity index (χ4n) is 3.06. The molecule has 9 heteroatoms. The summed E-state index contributed by atoms with van der Waals surface area (Å²) in [5.41, 5.74) is 0.542. The van der Waals surface area contributed by atoms with E-state index in [1.807, 2.05) is 35.8 Å². The molecule has 0 saturated carbocycles. The fraction of sp³-hybridized carbons (Fsp3) is 0.348. The van der Waals surface area contributed by atoms with Gasteiger partial charge >= 0.3 is 0 Å². The smallest absolute Gasteiger partial charge is 0.234 e. The number of para-hydroxylation sites is 2. The van der Waals surface area contributed by atoms with Crippen LogP contribution in [-0.2, 0) is 11.3 Å². The van der Waals surface area contributed by atoms with Crippen molar-refractivity contribution in [3.63, 3.8) is 0 Å². The number of thioether (sulfide) groups is 1. The maximum Gasteiger partial charge on any atom is 0.234 e. The lowest BCUT2D eigenvalue weighted by Crippen LogP contribution is -2.17. The van der Waals surface area contributed by atoms with Crippen molar-refractivity contribution in [1.82, 2.24) is 14.8 Å². The second-order valence-electron chi connectivity index (χ2n) is 7.60. The van der Waals surface area contributed by atoms with E-state index in [0.717, 1.165) is 0 Å². The number of nitrogens with one attached hydrogen (secondary N) is 1. The summed E-state index contributed by atoms with van der Waals surface area (Å²) in [6.07, 6.45) is -0.375. The van der Waals surface area contributed by atoms with E-state index in [9.17, 15) is 9.18 Å². The molecular weight excluding hydrogens is 431 g/mol. The molecule has 1 atom stereocenters. The van der Waals surface area contributed by atoms with E-state index in [1.54, 1.807) is 7.11 Å². The Morgan fingerprint density at radius 3 is 2.44 bits per heavy atom. The lowest BCUT2D eigenvalue weighted by molar-refractivity contribution is -0.113. The number of aromatic nitrogens is 3. The number of nitrogens with zero attached hydrogens (tertiary/aromatic N) is 3. The first-order chi connectivity index (χ1) is 15.4. The van der Waals surface area contributed by atoms with E-state index >= 15 is 0 Å². The van der Waals surface area contributed by atoms with E-state index in [2.05, 4.69) is 29.4 Å². The quantitative estimate of drug-likeness (QED) is 0.433. The van der Waals surface area contributed by atoms with E-state index < -0.39 is 0 Å². The molecule has 1 aromatic heterocycles. The van der Waals surface area contributed by atoms with Crippen LogP contribution in [0.3, 0.4) is 0 Å². The lowest BCUT2D eigenvalue weighted by Gasteiger charge is -2.19. The number of halogens is 1. The van der Waals surface area contributed by atoms with Gasteiger partial charge in [-0.2, -0.15) is 0 Å². The van der Waals surface area contributed by atoms with Crippen molar-refractivity contribution in [2.24, 2.45) is 5.92 Å². The Kier molecular flexibility index (Phi) is 8.10. The average Bonchev–Trinajstić information content (AvgIpc) is 3.16. The van der Waals surface area contributed by atoms with Crippen molar-refractivity contribution in [2.45, 2.75) is 38.6 Å². The highest BCUT2D eigenvalue weighted by atomic mass is 32.2. The molecule has 0 aliphatic carbocycles. The fourth-order valence-corrected chi connectivity index (χ4v) is 3.82. The molecule has 0 saturated heterocycles. The molecule has 0 radical (unpaired) electrons. The highest BCUT2D eigenvalue weighted by Crippen LogP contribution is 2.31. The zero-order chi connectivity index (χ0) is 23.1. The monoisotopic (exact) mass is 458 g/mol. The van der Waals surface area contributed by atoms with Crippen LogP contribution < -0.4 is 14.8 Å². The van der Waals surface area contributed by atoms with Gasteiger partial charge in [0.1, 0.15) is 5.82 Å². The molecule has 1 amide bonds. The van der Waals surface area contributed by atoms with Crippen molar-refractivity contribution >= 4 is 23.4 Å². The van der Waals surface area contributed by atoms with Crippen molar-refractivity contribution in [1.29, 1.82) is 0 Å². The van der Waals surface area contributed by atoms with Gasteiger partial charge in [0.05, 0.1) is 12.9 Å². The minimum atomic E-state index is -0.375. The number of amides is 1. The Balaban J connectivity index is 1.71. The predicted octanol–water partition coefficient (Wildman–Crippen LogP) is 4.95. The van der Waals surface area contributed by atoms with Gasteiger partial charge in [-0.25, -0.2) is 4.39 Å². The molecule has 0 aliphatic rings. The van der Waals surface area contributed by atoms with Crippen LogP contribution in [0.5, 0.6) is 11.5 Å². The number of hydrogen-bond acceptors (Lipinski definition) is 6. The second kappa shape index (κ2) is 11.0. The van der Waals surface area contributed by atoms with Crippen molar-refractivity contribution in [3.8, 4) is 11.5 Å². The molecular formula is C23H27FN4O3S. The highest BCUT2D eigenvalue weighted by molar-refractivity contribution is 7.99. The third-order valence-electron chi connectivity index (χ3n) is 4.49. The number of anilines is 1. The summed E-state index contributed by atoms with van der Waals surface area (Å²) < 4.78 is 26.5. The second-order valence-corrected chi connectivity index (χ2v) is 8.54. The number of hydrogen-bond donors (Lipinski definition) is 1. The number of carbonyl (C=O) groups is 1. The summed E-state index contributed by atoms with van der Waals surface area (Å²) >= 11 is 1.29. The third-order valence-corrected chi connectivity index (χ3v) is 5.46. The highest BCUT2D eigenvalue weighted by Gasteiger charge is 2.22. The van der Waals surface area contributed by atoms with E-state index in [1.165, 1.54) is 36.0 Å². The van der Waals surface area contributed by atoms with Gasteiger partial charge in [-0.15, -0.1) is 10.2 Å². The van der Waals surface area contributed by atoms with Gasteiger partial charge < -0.3 is 19.4 Å². The van der Waals surface area contributed by atoms with Crippen LogP contribution in [0.2, 0.25) is 0 Å². The van der Waals surface area contributed by atoms with Gasteiger partial charge in [-0.1, -0.05) is 37.7 Å². The van der Waals surface area contributed by atoms with Gasteiger partial charge in [-0.05, 0) is 49.2 Å². The van der Waals surface area contributed by atoms with Gasteiger partial charge in [0, 0.05) is 12.2 Å². The van der Waals surface area contributed by atoms with E-state index in [-0.39, 0.29) is 23.6 Å². The van der Waals surface area contributed by atoms with Crippen molar-refractivity contribution < 1.29 is 18.7 Å². The Bertz CT molecular complexity index is 1040.